The predicted octanol–water partition coefficient (Wildman–Crippen LogP) is 5.12. The van der Waals surface area contributed by atoms with Crippen LogP contribution in [0, 0.1) is 12.8 Å². The molecule has 0 aliphatic rings. The molecule has 0 fully saturated rings. The van der Waals surface area contributed by atoms with Gasteiger partial charge in [0, 0.05) is 12.2 Å². The highest BCUT2D eigenvalue weighted by Gasteiger charge is 2.26. The number of rotatable bonds is 9. The summed E-state index contributed by atoms with van der Waals surface area (Å²) < 4.78 is 1.93. The molecule has 1 atom stereocenters. The molecular weight excluding hydrogens is 458 g/mol. The first-order valence-corrected chi connectivity index (χ1v) is 12.1. The van der Waals surface area contributed by atoms with E-state index in [2.05, 4.69) is 20.8 Å². The van der Waals surface area contributed by atoms with Crippen LogP contribution in [-0.2, 0) is 11.3 Å². The lowest BCUT2D eigenvalue weighted by Crippen LogP contribution is -2.34. The Bertz CT molecular complexity index is 1130. The second kappa shape index (κ2) is 11.3. The molecule has 1 heterocycles. The summed E-state index contributed by atoms with van der Waals surface area (Å²) in [6.07, 6.45) is 0. The monoisotopic (exact) mass is 485 g/mol. The Balaban J connectivity index is 1.72. The number of carbonyl (C=O) groups is 2. The molecule has 0 radical (unpaired) electrons. The summed E-state index contributed by atoms with van der Waals surface area (Å²) in [4.78, 5) is 25.3. The van der Waals surface area contributed by atoms with Crippen molar-refractivity contribution in [3.05, 3.63) is 70.5 Å². The highest BCUT2D eigenvalue weighted by Crippen LogP contribution is 2.26. The number of nitrogens with zero attached hydrogens (tertiary/aromatic N) is 3. The minimum absolute atomic E-state index is 0.0633. The maximum Gasteiger partial charge on any atom is 0.253 e. The fraction of sp³-hybridized carbons (Fsp3) is 0.333. The lowest BCUT2D eigenvalue weighted by atomic mass is 10.0. The van der Waals surface area contributed by atoms with E-state index in [9.17, 15) is 9.59 Å². The van der Waals surface area contributed by atoms with E-state index in [0.29, 0.717) is 28.1 Å². The van der Waals surface area contributed by atoms with Crippen LogP contribution in [0.15, 0.2) is 53.7 Å². The molecule has 0 saturated heterocycles. The van der Waals surface area contributed by atoms with Crippen LogP contribution in [0.2, 0.25) is 5.02 Å². The SMILES string of the molecule is CCn1c(SCC(=O)Nc2cccc(C)c2)nnc1[C@@H](NC(=O)c1ccccc1Cl)C(C)C. The molecule has 0 bridgehead atoms. The van der Waals surface area contributed by atoms with Gasteiger partial charge in [0.15, 0.2) is 11.0 Å². The summed E-state index contributed by atoms with van der Waals surface area (Å²) in [5.41, 5.74) is 2.25. The molecule has 3 aromatic rings. The van der Waals surface area contributed by atoms with E-state index in [0.717, 1.165) is 11.3 Å². The largest absolute Gasteiger partial charge is 0.342 e. The van der Waals surface area contributed by atoms with Crippen molar-refractivity contribution >= 4 is 40.9 Å². The van der Waals surface area contributed by atoms with E-state index in [1.54, 1.807) is 24.3 Å². The van der Waals surface area contributed by atoms with Gasteiger partial charge in [-0.05, 0) is 49.6 Å². The van der Waals surface area contributed by atoms with Gasteiger partial charge in [0.2, 0.25) is 5.91 Å². The molecule has 9 heteroatoms. The van der Waals surface area contributed by atoms with Crippen LogP contribution in [-0.4, -0.2) is 32.3 Å². The zero-order valence-corrected chi connectivity index (χ0v) is 20.7. The van der Waals surface area contributed by atoms with Gasteiger partial charge in [-0.2, -0.15) is 0 Å². The lowest BCUT2D eigenvalue weighted by molar-refractivity contribution is -0.113. The van der Waals surface area contributed by atoms with Crippen LogP contribution in [0.1, 0.15) is 48.6 Å². The normalized spacial score (nSPS) is 11.9. The standard InChI is InChI=1S/C24H28ClN5O2S/c1-5-30-22(21(15(2)3)27-23(32)18-11-6-7-12-19(18)25)28-29-24(30)33-14-20(31)26-17-10-8-9-16(4)13-17/h6-13,15,21H,5,14H2,1-4H3,(H,26,31)(H,27,32)/t21-/m0/s1. The van der Waals surface area contributed by atoms with Gasteiger partial charge in [-0.1, -0.05) is 61.5 Å². The van der Waals surface area contributed by atoms with Gasteiger partial charge in [-0.15, -0.1) is 10.2 Å². The highest BCUT2D eigenvalue weighted by molar-refractivity contribution is 7.99. The van der Waals surface area contributed by atoms with Crippen molar-refractivity contribution in [3.63, 3.8) is 0 Å². The van der Waals surface area contributed by atoms with Crippen molar-refractivity contribution in [2.45, 2.75) is 45.4 Å². The first-order chi connectivity index (χ1) is 15.8. The third-order valence-corrected chi connectivity index (χ3v) is 6.34. The summed E-state index contributed by atoms with van der Waals surface area (Å²) in [5.74, 6) is 0.523. The van der Waals surface area contributed by atoms with Crippen LogP contribution in [0.5, 0.6) is 0 Å². The first kappa shape index (κ1) is 24.8. The summed E-state index contributed by atoms with van der Waals surface area (Å²) >= 11 is 7.51. The molecule has 2 amide bonds. The number of carbonyl (C=O) groups excluding carboxylic acids is 2. The number of amides is 2. The zero-order chi connectivity index (χ0) is 24.0. The Labute approximate surface area is 203 Å². The molecule has 0 unspecified atom stereocenters. The van der Waals surface area contributed by atoms with E-state index in [4.69, 9.17) is 11.6 Å². The number of aryl methyl sites for hydroxylation is 1. The van der Waals surface area contributed by atoms with Crippen molar-refractivity contribution in [2.24, 2.45) is 5.92 Å². The number of halogens is 1. The molecule has 33 heavy (non-hydrogen) atoms. The molecule has 7 nitrogen and oxygen atoms in total. The average molecular weight is 486 g/mol. The van der Waals surface area contributed by atoms with E-state index >= 15 is 0 Å². The van der Waals surface area contributed by atoms with Crippen LogP contribution in [0.4, 0.5) is 5.69 Å². The molecule has 3 rings (SSSR count). The van der Waals surface area contributed by atoms with Gasteiger partial charge in [-0.3, -0.25) is 9.59 Å². The molecule has 0 spiro atoms. The summed E-state index contributed by atoms with van der Waals surface area (Å²) in [5, 5.41) is 15.6. The maximum absolute atomic E-state index is 12.9. The first-order valence-electron chi connectivity index (χ1n) is 10.8. The summed E-state index contributed by atoms with van der Waals surface area (Å²) in [6.45, 7) is 8.58. The van der Waals surface area contributed by atoms with Crippen LogP contribution < -0.4 is 10.6 Å². The highest BCUT2D eigenvalue weighted by atomic mass is 35.5. The Morgan fingerprint density at radius 2 is 1.88 bits per heavy atom. The van der Waals surface area contributed by atoms with Crippen molar-refractivity contribution < 1.29 is 9.59 Å². The minimum atomic E-state index is -0.364. The number of hydrogen-bond acceptors (Lipinski definition) is 5. The van der Waals surface area contributed by atoms with Crippen molar-refractivity contribution in [1.82, 2.24) is 20.1 Å². The lowest BCUT2D eigenvalue weighted by Gasteiger charge is -2.22. The maximum atomic E-state index is 12.9. The van der Waals surface area contributed by atoms with E-state index in [-0.39, 0.29) is 29.5 Å². The third-order valence-electron chi connectivity index (χ3n) is 5.05. The molecule has 2 aromatic carbocycles. The molecule has 0 aliphatic carbocycles. The predicted molar refractivity (Wildman–Crippen MR) is 133 cm³/mol. The Morgan fingerprint density at radius 3 is 2.55 bits per heavy atom. The molecule has 174 valence electrons. The number of nitrogens with one attached hydrogen (secondary N) is 2. The second-order valence-corrected chi connectivity index (χ2v) is 9.32. The van der Waals surface area contributed by atoms with Crippen LogP contribution in [0.25, 0.3) is 0 Å². The number of hydrogen-bond donors (Lipinski definition) is 2. The van der Waals surface area contributed by atoms with Crippen LogP contribution >= 0.6 is 23.4 Å². The van der Waals surface area contributed by atoms with E-state index in [1.807, 2.05) is 56.5 Å². The number of benzene rings is 2. The Kier molecular flexibility index (Phi) is 8.52. The van der Waals surface area contributed by atoms with Gasteiger partial charge in [0.1, 0.15) is 0 Å². The quantitative estimate of drug-likeness (QED) is 0.411. The third kappa shape index (κ3) is 6.36. The smallest absolute Gasteiger partial charge is 0.253 e. The van der Waals surface area contributed by atoms with Gasteiger partial charge in [0.25, 0.3) is 5.91 Å². The summed E-state index contributed by atoms with van der Waals surface area (Å²) in [6, 6.07) is 14.2. The van der Waals surface area contributed by atoms with Crippen molar-refractivity contribution in [3.8, 4) is 0 Å². The van der Waals surface area contributed by atoms with Gasteiger partial charge < -0.3 is 15.2 Å². The fourth-order valence-electron chi connectivity index (χ4n) is 3.38. The molecule has 0 saturated carbocycles. The Morgan fingerprint density at radius 1 is 1.12 bits per heavy atom. The number of thioether (sulfide) groups is 1. The van der Waals surface area contributed by atoms with Gasteiger partial charge in [-0.25, -0.2) is 0 Å². The number of aromatic nitrogens is 3. The van der Waals surface area contributed by atoms with E-state index < -0.39 is 0 Å². The van der Waals surface area contributed by atoms with Gasteiger partial charge >= 0.3 is 0 Å². The average Bonchev–Trinajstić information content (AvgIpc) is 3.18. The summed E-state index contributed by atoms with van der Waals surface area (Å²) in [7, 11) is 0. The second-order valence-electron chi connectivity index (χ2n) is 7.97. The number of anilines is 1. The topological polar surface area (TPSA) is 88.9 Å². The molecule has 0 aliphatic heterocycles. The van der Waals surface area contributed by atoms with Crippen molar-refractivity contribution in [2.75, 3.05) is 11.1 Å². The van der Waals surface area contributed by atoms with Crippen molar-refractivity contribution in [1.29, 1.82) is 0 Å². The Hall–Kier alpha value is -2.84. The van der Waals surface area contributed by atoms with Gasteiger partial charge in [0.05, 0.1) is 22.4 Å². The molecular formula is C24H28ClN5O2S. The molecule has 2 N–H and O–H groups in total. The van der Waals surface area contributed by atoms with E-state index in [1.165, 1.54) is 11.8 Å². The minimum Gasteiger partial charge on any atom is -0.342 e. The molecule has 1 aromatic heterocycles. The fourth-order valence-corrected chi connectivity index (χ4v) is 4.41. The zero-order valence-electron chi connectivity index (χ0n) is 19.1. The van der Waals surface area contributed by atoms with Crippen LogP contribution in [0.3, 0.4) is 0 Å².